The number of carbonyl (C=O) groups is 1. The van der Waals surface area contributed by atoms with Crippen molar-refractivity contribution in [2.24, 2.45) is 5.10 Å². The summed E-state index contributed by atoms with van der Waals surface area (Å²) < 4.78 is 2.24. The van der Waals surface area contributed by atoms with Crippen LogP contribution in [0, 0.1) is 34.6 Å². The Hall–Kier alpha value is -3.14. The lowest BCUT2D eigenvalue weighted by atomic mass is 10.1. The number of aromatic nitrogens is 1. The molecule has 0 spiro atoms. The van der Waals surface area contributed by atoms with Crippen molar-refractivity contribution in [1.82, 2.24) is 9.99 Å². The number of rotatable bonds is 4. The second-order valence-corrected chi connectivity index (χ2v) is 6.97. The molecule has 0 saturated carbocycles. The summed E-state index contributed by atoms with van der Waals surface area (Å²) in [6.07, 6.45) is 1.71. The average Bonchev–Trinajstić information content (AvgIpc) is 2.90. The van der Waals surface area contributed by atoms with E-state index in [0.717, 1.165) is 22.5 Å². The van der Waals surface area contributed by atoms with Gasteiger partial charge in [0.15, 0.2) is 0 Å². The Labute approximate surface area is 160 Å². The highest BCUT2D eigenvalue weighted by Gasteiger charge is 2.13. The molecule has 27 heavy (non-hydrogen) atoms. The Morgan fingerprint density at radius 2 is 1.59 bits per heavy atom. The van der Waals surface area contributed by atoms with Crippen LogP contribution in [0.3, 0.4) is 0 Å². The molecule has 0 aliphatic heterocycles. The fourth-order valence-electron chi connectivity index (χ4n) is 3.35. The van der Waals surface area contributed by atoms with Crippen LogP contribution in [0.2, 0.25) is 0 Å². The van der Waals surface area contributed by atoms with Gasteiger partial charge in [-0.25, -0.2) is 5.43 Å². The summed E-state index contributed by atoms with van der Waals surface area (Å²) in [5, 5.41) is 4.16. The maximum absolute atomic E-state index is 12.2. The van der Waals surface area contributed by atoms with Gasteiger partial charge in [-0.1, -0.05) is 35.9 Å². The van der Waals surface area contributed by atoms with E-state index in [2.05, 4.69) is 67.1 Å². The van der Waals surface area contributed by atoms with Crippen LogP contribution >= 0.6 is 0 Å². The molecule has 0 unspecified atom stereocenters. The number of para-hydroxylation sites is 1. The highest BCUT2D eigenvalue weighted by Crippen LogP contribution is 2.25. The molecule has 1 amide bonds. The van der Waals surface area contributed by atoms with E-state index in [0.29, 0.717) is 5.56 Å². The monoisotopic (exact) mass is 359 g/mol. The molecule has 1 heterocycles. The average molecular weight is 359 g/mol. The summed E-state index contributed by atoms with van der Waals surface area (Å²) in [5.74, 6) is -0.213. The number of hydrogen-bond donors (Lipinski definition) is 1. The number of benzene rings is 2. The van der Waals surface area contributed by atoms with E-state index in [1.807, 2.05) is 19.1 Å². The van der Waals surface area contributed by atoms with Crippen molar-refractivity contribution < 1.29 is 4.79 Å². The Balaban J connectivity index is 1.83. The van der Waals surface area contributed by atoms with Gasteiger partial charge in [0.1, 0.15) is 0 Å². The van der Waals surface area contributed by atoms with Crippen LogP contribution in [0.25, 0.3) is 5.69 Å². The van der Waals surface area contributed by atoms with Gasteiger partial charge in [-0.3, -0.25) is 4.79 Å². The van der Waals surface area contributed by atoms with E-state index < -0.39 is 0 Å². The Morgan fingerprint density at radius 1 is 0.963 bits per heavy atom. The highest BCUT2D eigenvalue weighted by molar-refractivity contribution is 5.95. The van der Waals surface area contributed by atoms with Crippen LogP contribution in [-0.4, -0.2) is 16.7 Å². The fraction of sp³-hybridized carbons (Fsp3) is 0.217. The Morgan fingerprint density at radius 3 is 2.22 bits per heavy atom. The van der Waals surface area contributed by atoms with Gasteiger partial charge in [0, 0.05) is 22.5 Å². The van der Waals surface area contributed by atoms with E-state index in [1.54, 1.807) is 18.3 Å². The van der Waals surface area contributed by atoms with E-state index in [-0.39, 0.29) is 5.91 Å². The number of hydrogen-bond acceptors (Lipinski definition) is 2. The first kappa shape index (κ1) is 18.6. The van der Waals surface area contributed by atoms with E-state index in [9.17, 15) is 4.79 Å². The molecular formula is C23H25N3O. The molecule has 0 aliphatic carbocycles. The highest BCUT2D eigenvalue weighted by atomic mass is 16.2. The number of nitrogens with zero attached hydrogens (tertiary/aromatic N) is 2. The lowest BCUT2D eigenvalue weighted by Crippen LogP contribution is -2.17. The molecule has 138 valence electrons. The Bertz CT molecular complexity index is 991. The predicted molar refractivity (Wildman–Crippen MR) is 111 cm³/mol. The van der Waals surface area contributed by atoms with Crippen LogP contribution in [0.1, 0.15) is 44.0 Å². The molecule has 0 bridgehead atoms. The molecule has 4 nitrogen and oxygen atoms in total. The summed E-state index contributed by atoms with van der Waals surface area (Å²) in [4.78, 5) is 12.2. The van der Waals surface area contributed by atoms with Gasteiger partial charge >= 0.3 is 0 Å². The van der Waals surface area contributed by atoms with Crippen molar-refractivity contribution in [1.29, 1.82) is 0 Å². The molecule has 0 fully saturated rings. The van der Waals surface area contributed by atoms with Crippen molar-refractivity contribution in [3.8, 4) is 5.69 Å². The first-order valence-corrected chi connectivity index (χ1v) is 9.04. The van der Waals surface area contributed by atoms with Crippen molar-refractivity contribution in [2.75, 3.05) is 0 Å². The molecule has 3 rings (SSSR count). The quantitative estimate of drug-likeness (QED) is 0.529. The minimum absolute atomic E-state index is 0.213. The number of amides is 1. The maximum atomic E-state index is 12.2. The first-order chi connectivity index (χ1) is 12.9. The molecular weight excluding hydrogens is 334 g/mol. The third-order valence-electron chi connectivity index (χ3n) is 4.82. The fourth-order valence-corrected chi connectivity index (χ4v) is 3.35. The van der Waals surface area contributed by atoms with Gasteiger partial charge < -0.3 is 4.57 Å². The standard InChI is InChI=1S/C23H25N3O/c1-15-9-11-20(12-10-15)23(27)25-24-14-21-13-18(4)26(19(21)5)22-16(2)7-6-8-17(22)3/h6-14H,1-5H3,(H,25,27)/b24-14+. The molecule has 1 N–H and O–H groups in total. The number of aryl methyl sites for hydroxylation is 4. The molecule has 0 aliphatic rings. The predicted octanol–water partition coefficient (Wildman–Crippen LogP) is 4.78. The van der Waals surface area contributed by atoms with Crippen molar-refractivity contribution in [2.45, 2.75) is 34.6 Å². The summed E-state index contributed by atoms with van der Waals surface area (Å²) in [6, 6.07) is 15.8. The Kier molecular flexibility index (Phi) is 5.26. The maximum Gasteiger partial charge on any atom is 0.271 e. The van der Waals surface area contributed by atoms with E-state index in [1.165, 1.54) is 16.8 Å². The third-order valence-corrected chi connectivity index (χ3v) is 4.82. The van der Waals surface area contributed by atoms with Crippen LogP contribution < -0.4 is 5.43 Å². The first-order valence-electron chi connectivity index (χ1n) is 9.04. The zero-order valence-corrected chi connectivity index (χ0v) is 16.5. The van der Waals surface area contributed by atoms with Gasteiger partial charge in [0.05, 0.1) is 11.9 Å². The van der Waals surface area contributed by atoms with Gasteiger partial charge in [0.2, 0.25) is 0 Å². The minimum atomic E-state index is -0.213. The van der Waals surface area contributed by atoms with Crippen LogP contribution in [-0.2, 0) is 0 Å². The van der Waals surface area contributed by atoms with Gasteiger partial charge in [0.25, 0.3) is 5.91 Å². The SMILES string of the molecule is Cc1ccc(C(=O)N/N=C/c2cc(C)n(-c3c(C)cccc3C)c2C)cc1. The number of nitrogens with one attached hydrogen (secondary N) is 1. The minimum Gasteiger partial charge on any atom is -0.317 e. The molecule has 2 aromatic carbocycles. The second-order valence-electron chi connectivity index (χ2n) is 6.97. The summed E-state index contributed by atoms with van der Waals surface area (Å²) in [7, 11) is 0. The van der Waals surface area contributed by atoms with Crippen LogP contribution in [0.4, 0.5) is 0 Å². The second kappa shape index (κ2) is 7.62. The zero-order chi connectivity index (χ0) is 19.6. The molecule has 0 saturated heterocycles. The van der Waals surface area contributed by atoms with Crippen LogP contribution in [0.5, 0.6) is 0 Å². The number of carbonyl (C=O) groups excluding carboxylic acids is 1. The lowest BCUT2D eigenvalue weighted by molar-refractivity contribution is 0.0955. The van der Waals surface area contributed by atoms with Gasteiger partial charge in [-0.2, -0.15) is 5.10 Å². The zero-order valence-electron chi connectivity index (χ0n) is 16.5. The van der Waals surface area contributed by atoms with Gasteiger partial charge in [-0.15, -0.1) is 0 Å². The molecule has 0 radical (unpaired) electrons. The molecule has 3 aromatic rings. The molecule has 0 atom stereocenters. The normalized spacial score (nSPS) is 11.1. The van der Waals surface area contributed by atoms with Crippen molar-refractivity contribution in [3.05, 3.63) is 87.7 Å². The molecule has 1 aromatic heterocycles. The van der Waals surface area contributed by atoms with E-state index >= 15 is 0 Å². The molecule has 4 heteroatoms. The topological polar surface area (TPSA) is 46.4 Å². The summed E-state index contributed by atoms with van der Waals surface area (Å²) >= 11 is 0. The lowest BCUT2D eigenvalue weighted by Gasteiger charge is -2.15. The van der Waals surface area contributed by atoms with Crippen LogP contribution in [0.15, 0.2) is 53.6 Å². The third kappa shape index (κ3) is 3.85. The summed E-state index contributed by atoms with van der Waals surface area (Å²) in [6.45, 7) is 10.4. The largest absolute Gasteiger partial charge is 0.317 e. The number of hydrazone groups is 1. The van der Waals surface area contributed by atoms with Crippen molar-refractivity contribution in [3.63, 3.8) is 0 Å². The van der Waals surface area contributed by atoms with E-state index in [4.69, 9.17) is 0 Å². The van der Waals surface area contributed by atoms with Gasteiger partial charge in [-0.05, 0) is 63.9 Å². The van der Waals surface area contributed by atoms with Crippen molar-refractivity contribution >= 4 is 12.1 Å². The smallest absolute Gasteiger partial charge is 0.271 e. The summed E-state index contributed by atoms with van der Waals surface area (Å²) in [5.41, 5.74) is 11.2.